The standard InChI is InChI=1S/C16H26ClN5OS.HI/c1-4-19-15(20-11-12-5-6-13(17)24-12)21-7-9-22(10-8-21)16(2,3)14(18)23;/h5-6H,4,7-11H2,1-3H3,(H2,18,23)(H,19,20);1H. The van der Waals surface area contributed by atoms with E-state index in [1.54, 1.807) is 11.3 Å². The number of halogens is 2. The van der Waals surface area contributed by atoms with Crippen LogP contribution in [0.5, 0.6) is 0 Å². The Morgan fingerprint density at radius 2 is 2.00 bits per heavy atom. The van der Waals surface area contributed by atoms with Gasteiger partial charge in [0.1, 0.15) is 0 Å². The van der Waals surface area contributed by atoms with Gasteiger partial charge in [0.15, 0.2) is 5.96 Å². The molecular weight excluding hydrogens is 473 g/mol. The van der Waals surface area contributed by atoms with Crippen LogP contribution in [0.4, 0.5) is 0 Å². The number of guanidine groups is 1. The van der Waals surface area contributed by atoms with E-state index in [9.17, 15) is 4.79 Å². The van der Waals surface area contributed by atoms with Crippen molar-refractivity contribution in [1.29, 1.82) is 0 Å². The third kappa shape index (κ3) is 5.97. The first-order valence-corrected chi connectivity index (χ1v) is 9.36. The van der Waals surface area contributed by atoms with Crippen molar-refractivity contribution in [2.45, 2.75) is 32.9 Å². The summed E-state index contributed by atoms with van der Waals surface area (Å²) in [5.74, 6) is 0.615. The van der Waals surface area contributed by atoms with Gasteiger partial charge in [-0.1, -0.05) is 11.6 Å². The molecule has 3 N–H and O–H groups in total. The molecule has 1 saturated heterocycles. The number of hydrogen-bond acceptors (Lipinski definition) is 4. The smallest absolute Gasteiger partial charge is 0.237 e. The zero-order valence-electron chi connectivity index (χ0n) is 14.9. The highest BCUT2D eigenvalue weighted by Crippen LogP contribution is 2.22. The quantitative estimate of drug-likeness (QED) is 0.371. The van der Waals surface area contributed by atoms with Crippen LogP contribution < -0.4 is 11.1 Å². The van der Waals surface area contributed by atoms with Gasteiger partial charge in [0.2, 0.25) is 5.91 Å². The monoisotopic (exact) mass is 499 g/mol. The fraction of sp³-hybridized carbons (Fsp3) is 0.625. The van der Waals surface area contributed by atoms with E-state index in [0.717, 1.165) is 47.9 Å². The molecule has 2 heterocycles. The molecule has 0 aromatic carbocycles. The normalized spacial score (nSPS) is 16.5. The molecule has 6 nitrogen and oxygen atoms in total. The van der Waals surface area contributed by atoms with Gasteiger partial charge in [-0.25, -0.2) is 4.99 Å². The Morgan fingerprint density at radius 1 is 1.36 bits per heavy atom. The summed E-state index contributed by atoms with van der Waals surface area (Å²) in [6.45, 7) is 10.4. The second-order valence-electron chi connectivity index (χ2n) is 6.27. The van der Waals surface area contributed by atoms with Crippen molar-refractivity contribution in [3.8, 4) is 0 Å². The van der Waals surface area contributed by atoms with Crippen molar-refractivity contribution in [2.24, 2.45) is 10.7 Å². The molecule has 0 spiro atoms. The van der Waals surface area contributed by atoms with Crippen LogP contribution in [0, 0.1) is 0 Å². The molecule has 1 aromatic rings. The minimum Gasteiger partial charge on any atom is -0.368 e. The molecule has 1 amide bonds. The molecular formula is C16H27ClIN5OS. The number of carbonyl (C=O) groups is 1. The minimum atomic E-state index is -0.616. The lowest BCUT2D eigenvalue weighted by Crippen LogP contribution is -2.61. The van der Waals surface area contributed by atoms with Gasteiger partial charge in [0.25, 0.3) is 0 Å². The molecule has 2 rings (SSSR count). The minimum absolute atomic E-state index is 0. The first kappa shape index (κ1) is 22.5. The lowest BCUT2D eigenvalue weighted by molar-refractivity contribution is -0.129. The zero-order chi connectivity index (χ0) is 17.7. The maximum atomic E-state index is 11.6. The number of hydrogen-bond donors (Lipinski definition) is 2. The van der Waals surface area contributed by atoms with Gasteiger partial charge in [-0.05, 0) is 32.9 Å². The first-order valence-electron chi connectivity index (χ1n) is 8.17. The van der Waals surface area contributed by atoms with Gasteiger partial charge in [-0.15, -0.1) is 35.3 Å². The molecule has 0 radical (unpaired) electrons. The second-order valence-corrected chi connectivity index (χ2v) is 8.07. The van der Waals surface area contributed by atoms with Crippen molar-refractivity contribution >= 4 is 58.8 Å². The van der Waals surface area contributed by atoms with E-state index in [0.29, 0.717) is 6.54 Å². The maximum Gasteiger partial charge on any atom is 0.237 e. The number of nitrogens with one attached hydrogen (secondary N) is 1. The van der Waals surface area contributed by atoms with E-state index in [-0.39, 0.29) is 29.9 Å². The Labute approximate surface area is 175 Å². The maximum absolute atomic E-state index is 11.6. The van der Waals surface area contributed by atoms with Crippen LogP contribution >= 0.6 is 46.9 Å². The zero-order valence-corrected chi connectivity index (χ0v) is 18.8. The van der Waals surface area contributed by atoms with Gasteiger partial charge >= 0.3 is 0 Å². The Hall–Kier alpha value is -0.580. The summed E-state index contributed by atoms with van der Waals surface area (Å²) in [4.78, 5) is 21.8. The van der Waals surface area contributed by atoms with E-state index in [2.05, 4.69) is 22.0 Å². The van der Waals surface area contributed by atoms with Crippen LogP contribution in [-0.4, -0.2) is 59.9 Å². The van der Waals surface area contributed by atoms with Crippen LogP contribution in [0.3, 0.4) is 0 Å². The van der Waals surface area contributed by atoms with Crippen molar-refractivity contribution in [2.75, 3.05) is 32.7 Å². The lowest BCUT2D eigenvalue weighted by atomic mass is 10.0. The van der Waals surface area contributed by atoms with Crippen LogP contribution in [0.2, 0.25) is 4.34 Å². The van der Waals surface area contributed by atoms with Crippen LogP contribution in [-0.2, 0) is 11.3 Å². The SMILES string of the molecule is CCNC(=NCc1ccc(Cl)s1)N1CCN(C(C)(C)C(N)=O)CC1.I. The fourth-order valence-corrected chi connectivity index (χ4v) is 3.66. The molecule has 0 unspecified atom stereocenters. The summed E-state index contributed by atoms with van der Waals surface area (Å²) in [6, 6.07) is 3.90. The summed E-state index contributed by atoms with van der Waals surface area (Å²) in [7, 11) is 0. The Balaban J connectivity index is 0.00000312. The summed E-state index contributed by atoms with van der Waals surface area (Å²) >= 11 is 7.52. The number of amides is 1. The molecule has 0 atom stereocenters. The van der Waals surface area contributed by atoms with Gasteiger partial charge in [-0.3, -0.25) is 9.69 Å². The van der Waals surface area contributed by atoms with Crippen LogP contribution in [0.15, 0.2) is 17.1 Å². The van der Waals surface area contributed by atoms with Crippen molar-refractivity contribution in [3.63, 3.8) is 0 Å². The third-order valence-electron chi connectivity index (χ3n) is 4.32. The highest BCUT2D eigenvalue weighted by atomic mass is 127. The third-order valence-corrected chi connectivity index (χ3v) is 5.54. The number of aliphatic imine (C=N–C) groups is 1. The molecule has 1 aliphatic rings. The molecule has 9 heteroatoms. The second kappa shape index (κ2) is 9.94. The highest BCUT2D eigenvalue weighted by molar-refractivity contribution is 14.0. The van der Waals surface area contributed by atoms with E-state index in [1.807, 2.05) is 26.0 Å². The number of nitrogens with zero attached hydrogens (tertiary/aromatic N) is 3. The van der Waals surface area contributed by atoms with Gasteiger partial charge in [0, 0.05) is 37.6 Å². The number of piperazine rings is 1. The van der Waals surface area contributed by atoms with Gasteiger partial charge in [-0.2, -0.15) is 0 Å². The molecule has 25 heavy (non-hydrogen) atoms. The Kier molecular flexibility index (Phi) is 8.93. The summed E-state index contributed by atoms with van der Waals surface area (Å²) in [6.07, 6.45) is 0. The van der Waals surface area contributed by atoms with E-state index in [1.165, 1.54) is 0 Å². The molecule has 0 bridgehead atoms. The number of carbonyl (C=O) groups excluding carboxylic acids is 1. The number of rotatable bonds is 5. The van der Waals surface area contributed by atoms with Crippen molar-refractivity contribution < 1.29 is 4.79 Å². The van der Waals surface area contributed by atoms with Crippen molar-refractivity contribution in [3.05, 3.63) is 21.3 Å². The molecule has 1 fully saturated rings. The van der Waals surface area contributed by atoms with Gasteiger partial charge < -0.3 is 16.0 Å². The summed E-state index contributed by atoms with van der Waals surface area (Å²) in [5, 5.41) is 3.34. The molecule has 0 saturated carbocycles. The van der Waals surface area contributed by atoms with Crippen LogP contribution in [0.1, 0.15) is 25.6 Å². The van der Waals surface area contributed by atoms with E-state index < -0.39 is 5.54 Å². The average Bonchev–Trinajstić information content (AvgIpc) is 2.97. The predicted molar refractivity (Wildman–Crippen MR) is 116 cm³/mol. The molecule has 142 valence electrons. The molecule has 1 aliphatic heterocycles. The average molecular weight is 500 g/mol. The lowest BCUT2D eigenvalue weighted by Gasteiger charge is -2.43. The molecule has 0 aliphatic carbocycles. The largest absolute Gasteiger partial charge is 0.368 e. The van der Waals surface area contributed by atoms with Crippen molar-refractivity contribution in [1.82, 2.24) is 15.1 Å². The van der Waals surface area contributed by atoms with Crippen LogP contribution in [0.25, 0.3) is 0 Å². The Morgan fingerprint density at radius 3 is 2.48 bits per heavy atom. The van der Waals surface area contributed by atoms with E-state index in [4.69, 9.17) is 22.3 Å². The number of thiophene rings is 1. The fourth-order valence-electron chi connectivity index (χ4n) is 2.65. The summed E-state index contributed by atoms with van der Waals surface area (Å²) < 4.78 is 0.785. The van der Waals surface area contributed by atoms with E-state index >= 15 is 0 Å². The topological polar surface area (TPSA) is 74.0 Å². The number of nitrogens with two attached hydrogens (primary N) is 1. The first-order chi connectivity index (χ1) is 11.3. The highest BCUT2D eigenvalue weighted by Gasteiger charge is 2.35. The van der Waals surface area contributed by atoms with Gasteiger partial charge in [0.05, 0.1) is 16.4 Å². The molecule has 1 aromatic heterocycles. The predicted octanol–water partition coefficient (Wildman–Crippen LogP) is 2.37. The summed E-state index contributed by atoms with van der Waals surface area (Å²) in [5.41, 5.74) is 4.90. The number of primary amides is 1. The Bertz CT molecular complexity index is 599.